The van der Waals surface area contributed by atoms with Crippen LogP contribution in [0.1, 0.15) is 25.7 Å². The lowest BCUT2D eigenvalue weighted by Crippen LogP contribution is -1.93. The van der Waals surface area contributed by atoms with Crippen LogP contribution in [0.3, 0.4) is 0 Å². The van der Waals surface area contributed by atoms with E-state index in [9.17, 15) is 9.90 Å². The number of rotatable bonds is 4. The molecule has 0 aliphatic rings. The van der Waals surface area contributed by atoms with Crippen LogP contribution in [-0.4, -0.2) is 18.0 Å². The summed E-state index contributed by atoms with van der Waals surface area (Å²) >= 11 is 4.87. The second-order valence-electron chi connectivity index (χ2n) is 4.58. The van der Waals surface area contributed by atoms with Crippen molar-refractivity contribution < 1.29 is 14.6 Å². The lowest BCUT2D eigenvalue weighted by atomic mass is 10.1. The second kappa shape index (κ2) is 6.45. The maximum Gasteiger partial charge on any atom is 0.186 e. The Morgan fingerprint density at radius 1 is 1.33 bits per heavy atom. The van der Waals surface area contributed by atoms with Crippen LogP contribution in [0.4, 0.5) is 0 Å². The van der Waals surface area contributed by atoms with E-state index in [1.165, 1.54) is 13.2 Å². The van der Waals surface area contributed by atoms with Gasteiger partial charge in [0.1, 0.15) is 0 Å². The molecule has 21 heavy (non-hydrogen) atoms. The Kier molecular flexibility index (Phi) is 4.85. The molecule has 0 radical (unpaired) electrons. The molecule has 0 unspecified atom stereocenters. The van der Waals surface area contributed by atoms with E-state index in [4.69, 9.17) is 4.74 Å². The van der Waals surface area contributed by atoms with Crippen LogP contribution < -0.4 is 4.74 Å². The monoisotopic (exact) mass is 366 g/mol. The number of phenolic OH excluding ortho intramolecular Hbond substituents is 1. The van der Waals surface area contributed by atoms with Gasteiger partial charge in [-0.1, -0.05) is 6.08 Å². The molecular weight excluding hydrogens is 352 g/mol. The predicted molar refractivity (Wildman–Crippen MR) is 89.5 cm³/mol. The first-order chi connectivity index (χ1) is 9.92. The highest BCUT2D eigenvalue weighted by atomic mass is 79.9. The molecule has 0 amide bonds. The summed E-state index contributed by atoms with van der Waals surface area (Å²) in [7, 11) is 1.48. The molecule has 1 aromatic carbocycles. The number of hydrogen-bond donors (Lipinski definition) is 1. The van der Waals surface area contributed by atoms with Gasteiger partial charge in [-0.05, 0) is 59.6 Å². The number of carbonyl (C=O) groups is 1. The standard InChI is InChI=1S/C16H15BrO3S/c1-9-6-12(10(2)21-9)14(18)5-4-11-7-13(17)16(19)15(8-11)20-3/h4-8,19H,1-3H3/b5-4+. The number of aromatic hydroxyl groups is 1. The average molecular weight is 367 g/mol. The van der Waals surface area contributed by atoms with E-state index in [2.05, 4.69) is 15.9 Å². The number of benzene rings is 1. The average Bonchev–Trinajstić information content (AvgIpc) is 2.78. The number of thiophene rings is 1. The zero-order valence-corrected chi connectivity index (χ0v) is 14.3. The number of hydrogen-bond acceptors (Lipinski definition) is 4. The Morgan fingerprint density at radius 2 is 2.05 bits per heavy atom. The predicted octanol–water partition coefficient (Wildman–Crippen LogP) is 4.74. The number of aryl methyl sites for hydroxylation is 2. The molecule has 0 spiro atoms. The lowest BCUT2D eigenvalue weighted by molar-refractivity contribution is 0.104. The SMILES string of the molecule is COc1cc(/C=C/C(=O)c2cc(C)sc2C)cc(Br)c1O. The molecule has 1 aromatic heterocycles. The Hall–Kier alpha value is -1.59. The zero-order valence-electron chi connectivity index (χ0n) is 11.9. The summed E-state index contributed by atoms with van der Waals surface area (Å²) in [5, 5.41) is 9.76. The Bertz CT molecular complexity index is 717. The van der Waals surface area contributed by atoms with Crippen molar-refractivity contribution >= 4 is 39.1 Å². The molecule has 2 aromatic rings. The Labute approximate surface area is 136 Å². The summed E-state index contributed by atoms with van der Waals surface area (Å²) in [4.78, 5) is 14.3. The van der Waals surface area contributed by atoms with E-state index in [1.54, 1.807) is 29.5 Å². The zero-order chi connectivity index (χ0) is 15.6. The molecular formula is C16H15BrO3S. The summed E-state index contributed by atoms with van der Waals surface area (Å²) < 4.78 is 5.61. The highest BCUT2D eigenvalue weighted by Crippen LogP contribution is 2.35. The molecule has 0 saturated carbocycles. The van der Waals surface area contributed by atoms with Crippen molar-refractivity contribution in [1.29, 1.82) is 0 Å². The van der Waals surface area contributed by atoms with E-state index in [0.717, 1.165) is 20.9 Å². The molecule has 0 aliphatic carbocycles. The first-order valence-electron chi connectivity index (χ1n) is 6.28. The van der Waals surface area contributed by atoms with E-state index in [1.807, 2.05) is 19.9 Å². The quantitative estimate of drug-likeness (QED) is 0.627. The fraction of sp³-hybridized carbons (Fsp3) is 0.188. The van der Waals surface area contributed by atoms with Gasteiger partial charge in [-0.15, -0.1) is 11.3 Å². The van der Waals surface area contributed by atoms with Crippen molar-refractivity contribution in [3.63, 3.8) is 0 Å². The van der Waals surface area contributed by atoms with Gasteiger partial charge < -0.3 is 9.84 Å². The van der Waals surface area contributed by atoms with Crippen LogP contribution in [-0.2, 0) is 0 Å². The minimum Gasteiger partial charge on any atom is -0.503 e. The molecule has 0 bridgehead atoms. The normalized spacial score (nSPS) is 11.0. The maximum atomic E-state index is 12.2. The molecule has 0 atom stereocenters. The van der Waals surface area contributed by atoms with Gasteiger partial charge in [-0.3, -0.25) is 4.79 Å². The number of methoxy groups -OCH3 is 1. The van der Waals surface area contributed by atoms with Crippen molar-refractivity contribution in [2.24, 2.45) is 0 Å². The third-order valence-electron chi connectivity index (χ3n) is 3.00. The number of allylic oxidation sites excluding steroid dienone is 1. The van der Waals surface area contributed by atoms with Gasteiger partial charge in [0, 0.05) is 15.3 Å². The Balaban J connectivity index is 2.27. The summed E-state index contributed by atoms with van der Waals surface area (Å²) in [6.45, 7) is 3.93. The van der Waals surface area contributed by atoms with E-state index in [-0.39, 0.29) is 11.5 Å². The van der Waals surface area contributed by atoms with Gasteiger partial charge >= 0.3 is 0 Å². The van der Waals surface area contributed by atoms with Crippen molar-refractivity contribution in [3.8, 4) is 11.5 Å². The van der Waals surface area contributed by atoms with Gasteiger partial charge in [-0.25, -0.2) is 0 Å². The molecule has 2 rings (SSSR count). The van der Waals surface area contributed by atoms with Crippen molar-refractivity contribution in [1.82, 2.24) is 0 Å². The van der Waals surface area contributed by atoms with Crippen LogP contribution in [0.2, 0.25) is 0 Å². The first kappa shape index (κ1) is 15.8. The molecule has 5 heteroatoms. The molecule has 1 N–H and O–H groups in total. The van der Waals surface area contributed by atoms with E-state index < -0.39 is 0 Å². The third-order valence-corrected chi connectivity index (χ3v) is 4.57. The highest BCUT2D eigenvalue weighted by Gasteiger charge is 2.10. The van der Waals surface area contributed by atoms with Crippen molar-refractivity contribution in [2.45, 2.75) is 13.8 Å². The highest BCUT2D eigenvalue weighted by molar-refractivity contribution is 9.10. The summed E-state index contributed by atoms with van der Waals surface area (Å²) in [6, 6.07) is 5.31. The van der Waals surface area contributed by atoms with Gasteiger partial charge in [0.05, 0.1) is 11.6 Å². The summed E-state index contributed by atoms with van der Waals surface area (Å²) in [5.74, 6) is 0.379. The minimum absolute atomic E-state index is 0.0278. The van der Waals surface area contributed by atoms with Crippen LogP contribution in [0.15, 0.2) is 28.7 Å². The molecule has 0 aliphatic heterocycles. The number of ether oxygens (including phenoxy) is 1. The third kappa shape index (κ3) is 3.54. The maximum absolute atomic E-state index is 12.2. The van der Waals surface area contributed by atoms with Gasteiger partial charge in [0.15, 0.2) is 17.3 Å². The topological polar surface area (TPSA) is 46.5 Å². The molecule has 0 saturated heterocycles. The van der Waals surface area contributed by atoms with Crippen LogP contribution >= 0.6 is 27.3 Å². The molecule has 110 valence electrons. The van der Waals surface area contributed by atoms with Crippen LogP contribution in [0.5, 0.6) is 11.5 Å². The van der Waals surface area contributed by atoms with E-state index in [0.29, 0.717) is 10.2 Å². The summed E-state index contributed by atoms with van der Waals surface area (Å²) in [5.41, 5.74) is 1.51. The number of ketones is 1. The summed E-state index contributed by atoms with van der Waals surface area (Å²) in [6.07, 6.45) is 3.24. The van der Waals surface area contributed by atoms with Gasteiger partial charge in [0.2, 0.25) is 0 Å². The first-order valence-corrected chi connectivity index (χ1v) is 7.89. The molecule has 3 nitrogen and oxygen atoms in total. The number of phenols is 1. The lowest BCUT2D eigenvalue weighted by Gasteiger charge is -2.06. The Morgan fingerprint density at radius 3 is 2.62 bits per heavy atom. The second-order valence-corrected chi connectivity index (χ2v) is 6.89. The molecule has 1 heterocycles. The van der Waals surface area contributed by atoms with Crippen molar-refractivity contribution in [3.05, 3.63) is 49.6 Å². The van der Waals surface area contributed by atoms with Gasteiger partial charge in [0.25, 0.3) is 0 Å². The number of carbonyl (C=O) groups excluding carboxylic acids is 1. The molecule has 0 fully saturated rings. The number of halogens is 1. The minimum atomic E-state index is -0.0278. The van der Waals surface area contributed by atoms with Crippen LogP contribution in [0, 0.1) is 13.8 Å². The smallest absolute Gasteiger partial charge is 0.186 e. The van der Waals surface area contributed by atoms with Crippen LogP contribution in [0.25, 0.3) is 6.08 Å². The largest absolute Gasteiger partial charge is 0.503 e. The fourth-order valence-electron chi connectivity index (χ4n) is 1.98. The van der Waals surface area contributed by atoms with Crippen molar-refractivity contribution in [2.75, 3.05) is 7.11 Å². The van der Waals surface area contributed by atoms with E-state index >= 15 is 0 Å². The van der Waals surface area contributed by atoms with Gasteiger partial charge in [-0.2, -0.15) is 0 Å². The fourth-order valence-corrected chi connectivity index (χ4v) is 3.37.